The van der Waals surface area contributed by atoms with Gasteiger partial charge in [0.2, 0.25) is 5.43 Å². The fourth-order valence-corrected chi connectivity index (χ4v) is 3.75. The number of carbonyl (C=O) groups excluding carboxylic acids is 1. The van der Waals surface area contributed by atoms with E-state index in [1.54, 1.807) is 4.57 Å². The van der Waals surface area contributed by atoms with Gasteiger partial charge in [0.15, 0.2) is 0 Å². The summed E-state index contributed by atoms with van der Waals surface area (Å²) < 4.78 is 22.2. The summed E-state index contributed by atoms with van der Waals surface area (Å²) in [5, 5.41) is 2.70. The standard InChI is InChI=1S/C23H24FN3O3/c1-2-26-15-18(23(29)25-14-16-6-4-3-5-7-16)22(28)21-19(24)12-17(13-20(21)26)27-8-10-30-11-9-27/h3-7,12-13,15H,2,8-11,14H2,1H3,(H,25,29). The molecule has 0 saturated carbocycles. The highest BCUT2D eigenvalue weighted by Crippen LogP contribution is 2.25. The van der Waals surface area contributed by atoms with Crippen LogP contribution in [0.2, 0.25) is 0 Å². The van der Waals surface area contributed by atoms with Crippen LogP contribution in [0.5, 0.6) is 0 Å². The topological polar surface area (TPSA) is 63.6 Å². The summed E-state index contributed by atoms with van der Waals surface area (Å²) in [6.07, 6.45) is 1.52. The van der Waals surface area contributed by atoms with E-state index in [9.17, 15) is 9.59 Å². The number of morpholine rings is 1. The molecule has 1 amide bonds. The van der Waals surface area contributed by atoms with Crippen LogP contribution in [-0.2, 0) is 17.8 Å². The van der Waals surface area contributed by atoms with Gasteiger partial charge in [-0.25, -0.2) is 4.39 Å². The Bertz CT molecular complexity index is 1120. The zero-order chi connectivity index (χ0) is 21.1. The molecule has 0 atom stereocenters. The normalized spacial score (nSPS) is 14.1. The summed E-state index contributed by atoms with van der Waals surface area (Å²) in [5.41, 5.74) is 1.48. The number of rotatable bonds is 5. The van der Waals surface area contributed by atoms with Crippen molar-refractivity contribution in [2.75, 3.05) is 31.2 Å². The predicted molar refractivity (Wildman–Crippen MR) is 114 cm³/mol. The number of nitrogens with zero attached hydrogens (tertiary/aromatic N) is 2. The molecule has 1 saturated heterocycles. The van der Waals surface area contributed by atoms with Crippen LogP contribution < -0.4 is 15.6 Å². The Kier molecular flexibility index (Phi) is 5.81. The van der Waals surface area contributed by atoms with E-state index in [0.717, 1.165) is 5.56 Å². The number of hydrogen-bond acceptors (Lipinski definition) is 4. The van der Waals surface area contributed by atoms with Gasteiger partial charge in [0.25, 0.3) is 5.91 Å². The van der Waals surface area contributed by atoms with Gasteiger partial charge in [-0.05, 0) is 24.6 Å². The molecule has 0 spiro atoms. The van der Waals surface area contributed by atoms with Crippen molar-refractivity contribution in [3.05, 3.63) is 75.8 Å². The Balaban J connectivity index is 1.71. The number of aryl methyl sites for hydroxylation is 1. The molecule has 2 heterocycles. The van der Waals surface area contributed by atoms with Crippen molar-refractivity contribution in [3.63, 3.8) is 0 Å². The number of anilines is 1. The molecular weight excluding hydrogens is 385 g/mol. The van der Waals surface area contributed by atoms with Gasteiger partial charge >= 0.3 is 0 Å². The summed E-state index contributed by atoms with van der Waals surface area (Å²) in [7, 11) is 0. The van der Waals surface area contributed by atoms with Crippen molar-refractivity contribution in [1.29, 1.82) is 0 Å². The van der Waals surface area contributed by atoms with Gasteiger partial charge in [-0.1, -0.05) is 30.3 Å². The first-order chi connectivity index (χ1) is 14.6. The van der Waals surface area contributed by atoms with Crippen LogP contribution >= 0.6 is 0 Å². The lowest BCUT2D eigenvalue weighted by Gasteiger charge is -2.29. The molecule has 3 aromatic rings. The molecule has 0 unspecified atom stereocenters. The molecule has 0 aliphatic carbocycles. The van der Waals surface area contributed by atoms with Gasteiger partial charge in [-0.3, -0.25) is 9.59 Å². The molecular formula is C23H24FN3O3. The van der Waals surface area contributed by atoms with Gasteiger partial charge in [-0.15, -0.1) is 0 Å². The maximum Gasteiger partial charge on any atom is 0.257 e. The summed E-state index contributed by atoms with van der Waals surface area (Å²) in [6.45, 7) is 5.20. The smallest absolute Gasteiger partial charge is 0.257 e. The third-order valence-electron chi connectivity index (χ3n) is 5.38. The van der Waals surface area contributed by atoms with Crippen LogP contribution in [0.4, 0.5) is 10.1 Å². The van der Waals surface area contributed by atoms with Crippen LogP contribution in [0.1, 0.15) is 22.8 Å². The predicted octanol–water partition coefficient (Wildman–Crippen LogP) is 2.93. The molecule has 1 N–H and O–H groups in total. The Morgan fingerprint density at radius 1 is 1.17 bits per heavy atom. The van der Waals surface area contributed by atoms with Crippen LogP contribution in [0.3, 0.4) is 0 Å². The number of aromatic nitrogens is 1. The van der Waals surface area contributed by atoms with E-state index >= 15 is 4.39 Å². The van der Waals surface area contributed by atoms with E-state index in [2.05, 4.69) is 5.32 Å². The molecule has 7 heteroatoms. The quantitative estimate of drug-likeness (QED) is 0.704. The van der Waals surface area contributed by atoms with Crippen LogP contribution in [-0.4, -0.2) is 36.8 Å². The molecule has 0 radical (unpaired) electrons. The molecule has 1 aliphatic heterocycles. The first-order valence-electron chi connectivity index (χ1n) is 10.1. The molecule has 1 fully saturated rings. The number of hydrogen-bond donors (Lipinski definition) is 1. The molecule has 6 nitrogen and oxygen atoms in total. The fraction of sp³-hybridized carbons (Fsp3) is 0.304. The van der Waals surface area contributed by atoms with E-state index in [-0.39, 0.29) is 10.9 Å². The number of amides is 1. The molecule has 2 aromatic carbocycles. The first kappa shape index (κ1) is 20.1. The second kappa shape index (κ2) is 8.67. The number of benzene rings is 2. The average Bonchev–Trinajstić information content (AvgIpc) is 2.78. The summed E-state index contributed by atoms with van der Waals surface area (Å²) >= 11 is 0. The van der Waals surface area contributed by atoms with Crippen molar-refractivity contribution in [1.82, 2.24) is 9.88 Å². The molecule has 0 bridgehead atoms. The van der Waals surface area contributed by atoms with Gasteiger partial charge in [0.05, 0.1) is 24.1 Å². The maximum atomic E-state index is 15.1. The van der Waals surface area contributed by atoms with E-state index in [1.807, 2.05) is 48.2 Å². The second-order valence-electron chi connectivity index (χ2n) is 7.25. The second-order valence-corrected chi connectivity index (χ2v) is 7.25. The fourth-order valence-electron chi connectivity index (χ4n) is 3.75. The zero-order valence-corrected chi connectivity index (χ0v) is 16.9. The van der Waals surface area contributed by atoms with Gasteiger partial charge < -0.3 is 19.5 Å². The molecule has 4 rings (SSSR count). The van der Waals surface area contributed by atoms with Crippen molar-refractivity contribution < 1.29 is 13.9 Å². The van der Waals surface area contributed by atoms with Gasteiger partial charge in [0, 0.05) is 38.1 Å². The van der Waals surface area contributed by atoms with Crippen molar-refractivity contribution in [2.45, 2.75) is 20.0 Å². The lowest BCUT2D eigenvalue weighted by Crippen LogP contribution is -2.36. The highest BCUT2D eigenvalue weighted by Gasteiger charge is 2.20. The Labute approximate surface area is 173 Å². The number of carbonyl (C=O) groups is 1. The molecule has 30 heavy (non-hydrogen) atoms. The summed E-state index contributed by atoms with van der Waals surface area (Å²) in [4.78, 5) is 27.8. The van der Waals surface area contributed by atoms with Crippen molar-refractivity contribution >= 4 is 22.5 Å². The van der Waals surface area contributed by atoms with Crippen LogP contribution in [0.25, 0.3) is 10.9 Å². The maximum absolute atomic E-state index is 15.1. The number of halogens is 1. The monoisotopic (exact) mass is 409 g/mol. The lowest BCUT2D eigenvalue weighted by molar-refractivity contribution is 0.0949. The molecule has 1 aliphatic rings. The van der Waals surface area contributed by atoms with Crippen LogP contribution in [0.15, 0.2) is 53.5 Å². The third-order valence-corrected chi connectivity index (χ3v) is 5.38. The average molecular weight is 409 g/mol. The minimum atomic E-state index is -0.612. The van der Waals surface area contributed by atoms with Gasteiger partial charge in [-0.2, -0.15) is 0 Å². The first-order valence-corrected chi connectivity index (χ1v) is 10.1. The Morgan fingerprint density at radius 3 is 2.60 bits per heavy atom. The van der Waals surface area contributed by atoms with Crippen molar-refractivity contribution in [2.24, 2.45) is 0 Å². The van der Waals surface area contributed by atoms with Gasteiger partial charge in [0.1, 0.15) is 11.4 Å². The third kappa shape index (κ3) is 3.93. The highest BCUT2D eigenvalue weighted by molar-refractivity contribution is 5.98. The lowest BCUT2D eigenvalue weighted by atomic mass is 10.1. The largest absolute Gasteiger partial charge is 0.378 e. The number of pyridine rings is 1. The summed E-state index contributed by atoms with van der Waals surface area (Å²) in [6, 6.07) is 12.6. The number of nitrogens with one attached hydrogen (secondary N) is 1. The number of ether oxygens (including phenoxy) is 1. The minimum Gasteiger partial charge on any atom is -0.378 e. The number of fused-ring (bicyclic) bond motifs is 1. The Hall–Kier alpha value is -3.19. The van der Waals surface area contributed by atoms with Crippen molar-refractivity contribution in [3.8, 4) is 0 Å². The zero-order valence-electron chi connectivity index (χ0n) is 16.9. The molecule has 156 valence electrons. The molecule has 1 aromatic heterocycles. The van der Waals surface area contributed by atoms with E-state index in [0.29, 0.717) is 50.6 Å². The van der Waals surface area contributed by atoms with E-state index < -0.39 is 17.2 Å². The minimum absolute atomic E-state index is 0.0544. The summed E-state index contributed by atoms with van der Waals surface area (Å²) in [5.74, 6) is -1.12. The van der Waals surface area contributed by atoms with E-state index in [4.69, 9.17) is 4.74 Å². The highest BCUT2D eigenvalue weighted by atomic mass is 19.1. The van der Waals surface area contributed by atoms with Crippen LogP contribution in [0, 0.1) is 5.82 Å². The SMILES string of the molecule is CCn1cc(C(=O)NCc2ccccc2)c(=O)c2c(F)cc(N3CCOCC3)cc21. The Morgan fingerprint density at radius 2 is 1.90 bits per heavy atom. The van der Waals surface area contributed by atoms with E-state index in [1.165, 1.54) is 12.3 Å².